The number of rotatable bonds is 11. The van der Waals surface area contributed by atoms with Gasteiger partial charge in [0.1, 0.15) is 0 Å². The van der Waals surface area contributed by atoms with Crippen LogP contribution in [0.4, 0.5) is 0 Å². The Labute approximate surface area is 113 Å². The smallest absolute Gasteiger partial charge is 0.244 e. The van der Waals surface area contributed by atoms with Crippen LogP contribution >= 0.6 is 38.9 Å². The fraction of sp³-hybridized carbons (Fsp3) is 0.818. The van der Waals surface area contributed by atoms with Gasteiger partial charge in [0.15, 0.2) is 0 Å². The topological polar surface area (TPSA) is 17.1 Å². The van der Waals surface area contributed by atoms with Gasteiger partial charge in [-0.05, 0) is 12.8 Å². The fourth-order valence-electron chi connectivity index (χ4n) is 0.897. The minimum Gasteiger partial charge on any atom is -0.289 e. The summed E-state index contributed by atoms with van der Waals surface area (Å²) in [5.41, 5.74) is 0. The summed E-state index contributed by atoms with van der Waals surface area (Å²) in [6.45, 7) is 8.04. The van der Waals surface area contributed by atoms with E-state index in [-0.39, 0.29) is 0 Å². The molecule has 0 saturated heterocycles. The van der Waals surface area contributed by atoms with Gasteiger partial charge in [-0.2, -0.15) is 0 Å². The van der Waals surface area contributed by atoms with Crippen molar-refractivity contribution in [3.05, 3.63) is 12.7 Å². The molecule has 0 aliphatic carbocycles. The Morgan fingerprint density at radius 2 is 1.56 bits per heavy atom. The van der Waals surface area contributed by atoms with Gasteiger partial charge in [0, 0.05) is 17.3 Å². The molecule has 16 heavy (non-hydrogen) atoms. The summed E-state index contributed by atoms with van der Waals surface area (Å²) >= 11 is 4.93. The van der Waals surface area contributed by atoms with E-state index in [1.807, 2.05) is 6.08 Å². The molecule has 0 fully saturated rings. The SMILES string of the molecule is C=CCSP(=O)(SCCCC)SCCCC. The lowest BCUT2D eigenvalue weighted by Gasteiger charge is -2.15. The zero-order valence-corrected chi connectivity index (χ0v) is 13.7. The first-order valence-corrected chi connectivity index (χ1v) is 12.3. The Hall–Kier alpha value is 1.02. The summed E-state index contributed by atoms with van der Waals surface area (Å²) in [6, 6.07) is 0. The normalized spacial score (nSPS) is 11.6. The van der Waals surface area contributed by atoms with Gasteiger partial charge in [0.2, 0.25) is 4.75 Å². The van der Waals surface area contributed by atoms with Crippen molar-refractivity contribution in [2.24, 2.45) is 0 Å². The monoisotopic (exact) mass is 298 g/mol. The highest BCUT2D eigenvalue weighted by Crippen LogP contribution is 2.78. The summed E-state index contributed by atoms with van der Waals surface area (Å²) in [5.74, 6) is 2.85. The van der Waals surface area contributed by atoms with Crippen molar-refractivity contribution < 1.29 is 4.57 Å². The second-order valence-electron chi connectivity index (χ2n) is 3.41. The second kappa shape index (κ2) is 11.1. The standard InChI is InChI=1S/C11H23OPS3/c1-4-7-10-15-13(12,14-9-6-3)16-11-8-5-2/h6H,3-5,7-11H2,1-2H3. The molecule has 0 aliphatic heterocycles. The highest BCUT2D eigenvalue weighted by atomic mass is 33.4. The van der Waals surface area contributed by atoms with Crippen LogP contribution in [-0.2, 0) is 4.57 Å². The van der Waals surface area contributed by atoms with Crippen LogP contribution in [0.15, 0.2) is 12.7 Å². The molecule has 96 valence electrons. The Bertz CT molecular complexity index is 207. The Kier molecular flexibility index (Phi) is 11.8. The third-order valence-corrected chi connectivity index (χ3v) is 14.2. The van der Waals surface area contributed by atoms with Crippen LogP contribution in [0.3, 0.4) is 0 Å². The summed E-state index contributed by atoms with van der Waals surface area (Å²) in [4.78, 5) is 0. The zero-order valence-electron chi connectivity index (χ0n) is 10.3. The predicted octanol–water partition coefficient (Wildman–Crippen LogP) is 6.08. The molecule has 5 heteroatoms. The van der Waals surface area contributed by atoms with E-state index in [0.717, 1.165) is 30.1 Å². The molecule has 0 saturated carbocycles. The van der Waals surface area contributed by atoms with Gasteiger partial charge in [0.05, 0.1) is 0 Å². The van der Waals surface area contributed by atoms with Gasteiger partial charge in [0.25, 0.3) is 0 Å². The first-order valence-electron chi connectivity index (χ1n) is 5.83. The van der Waals surface area contributed by atoms with E-state index in [4.69, 9.17) is 0 Å². The lowest BCUT2D eigenvalue weighted by Crippen LogP contribution is -1.80. The fourth-order valence-corrected chi connectivity index (χ4v) is 12.1. The average molecular weight is 298 g/mol. The predicted molar refractivity (Wildman–Crippen MR) is 85.0 cm³/mol. The highest BCUT2D eigenvalue weighted by Gasteiger charge is 2.22. The third kappa shape index (κ3) is 9.09. The molecule has 1 nitrogen and oxygen atoms in total. The van der Waals surface area contributed by atoms with Crippen LogP contribution in [0.1, 0.15) is 39.5 Å². The van der Waals surface area contributed by atoms with E-state index in [9.17, 15) is 4.57 Å². The summed E-state index contributed by atoms with van der Waals surface area (Å²) < 4.78 is 10.4. The maximum absolute atomic E-state index is 12.6. The van der Waals surface area contributed by atoms with Crippen molar-refractivity contribution in [1.82, 2.24) is 0 Å². The van der Waals surface area contributed by atoms with Gasteiger partial charge in [-0.25, -0.2) is 0 Å². The molecule has 0 spiro atoms. The van der Waals surface area contributed by atoms with Gasteiger partial charge < -0.3 is 0 Å². The highest BCUT2D eigenvalue weighted by molar-refractivity contribution is 9.14. The molecular formula is C11H23OPS3. The van der Waals surface area contributed by atoms with Crippen molar-refractivity contribution in [1.29, 1.82) is 0 Å². The van der Waals surface area contributed by atoms with Crippen molar-refractivity contribution in [2.75, 3.05) is 17.3 Å². The summed E-state index contributed by atoms with van der Waals surface area (Å²) in [7, 11) is 0. The largest absolute Gasteiger partial charge is 0.289 e. The Balaban J connectivity index is 4.02. The van der Waals surface area contributed by atoms with Crippen LogP contribution in [0.5, 0.6) is 0 Å². The van der Waals surface area contributed by atoms with Gasteiger partial charge in [-0.1, -0.05) is 66.9 Å². The maximum atomic E-state index is 12.6. The number of unbranched alkanes of at least 4 members (excludes halogenated alkanes) is 2. The molecule has 0 unspecified atom stereocenters. The molecule has 0 radical (unpaired) electrons. The van der Waals surface area contributed by atoms with Crippen LogP contribution in [0, 0.1) is 0 Å². The molecule has 0 aromatic carbocycles. The van der Waals surface area contributed by atoms with E-state index < -0.39 is 4.75 Å². The number of hydrogen-bond donors (Lipinski definition) is 0. The van der Waals surface area contributed by atoms with Gasteiger partial charge in [-0.15, -0.1) is 6.58 Å². The molecule has 0 aliphatic rings. The lowest BCUT2D eigenvalue weighted by atomic mass is 10.4. The summed E-state index contributed by atoms with van der Waals surface area (Å²) in [5, 5.41) is 0. The molecule has 0 N–H and O–H groups in total. The number of hydrogen-bond acceptors (Lipinski definition) is 4. The van der Waals surface area contributed by atoms with E-state index in [2.05, 4.69) is 20.4 Å². The molecule has 0 amide bonds. The minimum absolute atomic E-state index is 0.801. The molecular weight excluding hydrogens is 275 g/mol. The van der Waals surface area contributed by atoms with E-state index in [1.54, 1.807) is 34.1 Å². The molecule has 0 bridgehead atoms. The van der Waals surface area contributed by atoms with Crippen LogP contribution < -0.4 is 0 Å². The second-order valence-corrected chi connectivity index (χ2v) is 15.3. The Morgan fingerprint density at radius 3 is 1.94 bits per heavy atom. The minimum atomic E-state index is -2.12. The summed E-state index contributed by atoms with van der Waals surface area (Å²) in [6.07, 6.45) is 6.53. The van der Waals surface area contributed by atoms with Crippen molar-refractivity contribution in [3.63, 3.8) is 0 Å². The lowest BCUT2D eigenvalue weighted by molar-refractivity contribution is 0.601. The van der Waals surface area contributed by atoms with Gasteiger partial charge >= 0.3 is 0 Å². The van der Waals surface area contributed by atoms with E-state index in [0.29, 0.717) is 0 Å². The van der Waals surface area contributed by atoms with Gasteiger partial charge in [-0.3, -0.25) is 4.57 Å². The van der Waals surface area contributed by atoms with Crippen molar-refractivity contribution >= 4 is 38.9 Å². The molecule has 0 rings (SSSR count). The first-order chi connectivity index (χ1) is 7.68. The molecule has 0 aromatic heterocycles. The van der Waals surface area contributed by atoms with E-state index >= 15 is 0 Å². The van der Waals surface area contributed by atoms with Crippen LogP contribution in [-0.4, -0.2) is 17.3 Å². The van der Waals surface area contributed by atoms with Crippen LogP contribution in [0.2, 0.25) is 0 Å². The Morgan fingerprint density at radius 1 is 1.06 bits per heavy atom. The molecule has 0 atom stereocenters. The zero-order chi connectivity index (χ0) is 12.3. The molecule has 0 aromatic rings. The first kappa shape index (κ1) is 17.0. The third-order valence-electron chi connectivity index (χ3n) is 1.85. The van der Waals surface area contributed by atoms with Crippen LogP contribution in [0.25, 0.3) is 0 Å². The quantitative estimate of drug-likeness (QED) is 0.261. The van der Waals surface area contributed by atoms with E-state index in [1.165, 1.54) is 12.8 Å². The van der Waals surface area contributed by atoms with Crippen molar-refractivity contribution in [2.45, 2.75) is 39.5 Å². The average Bonchev–Trinajstić information content (AvgIpc) is 2.27. The molecule has 0 heterocycles. The van der Waals surface area contributed by atoms with Crippen molar-refractivity contribution in [3.8, 4) is 0 Å². The maximum Gasteiger partial charge on any atom is 0.244 e.